The smallest absolute Gasteiger partial charge is 0.262 e. The minimum absolute atomic E-state index is 0. The summed E-state index contributed by atoms with van der Waals surface area (Å²) in [6.07, 6.45) is 0.499. The normalized spacial score (nSPS) is 22.9. The van der Waals surface area contributed by atoms with E-state index in [1.165, 1.54) is 0 Å². The van der Waals surface area contributed by atoms with Crippen LogP contribution in [0.1, 0.15) is 6.42 Å². The zero-order valence-electron chi connectivity index (χ0n) is 9.20. The first-order valence-corrected chi connectivity index (χ1v) is 6.82. The Labute approximate surface area is 105 Å². The highest BCUT2D eigenvalue weighted by Gasteiger charge is 2.42. The van der Waals surface area contributed by atoms with E-state index in [-0.39, 0.29) is 24.7 Å². The number of carbonyl (C=O) groups excluding carboxylic acids is 1. The lowest BCUT2D eigenvalue weighted by atomic mass is 10.2. The fourth-order valence-corrected chi connectivity index (χ4v) is 1.86. The largest absolute Gasteiger partial charge is 0.354 e. The quantitative estimate of drug-likeness (QED) is 0.737. The van der Waals surface area contributed by atoms with Gasteiger partial charge in [-0.05, 0) is 0 Å². The molecule has 17 heavy (non-hydrogen) atoms. The van der Waals surface area contributed by atoms with Crippen LogP contribution in [-0.4, -0.2) is 51.4 Å². The van der Waals surface area contributed by atoms with Crippen molar-refractivity contribution in [2.75, 3.05) is 25.1 Å². The van der Waals surface area contributed by atoms with Crippen molar-refractivity contribution in [3.05, 3.63) is 0 Å². The fraction of sp³-hybridized carbons (Fsp3) is 0.875. The maximum atomic E-state index is 12.7. The van der Waals surface area contributed by atoms with Crippen molar-refractivity contribution in [1.82, 2.24) is 10.6 Å². The summed E-state index contributed by atoms with van der Waals surface area (Å²) in [5.41, 5.74) is 0. The maximum absolute atomic E-state index is 12.7. The number of alkyl halides is 2. The lowest BCUT2D eigenvalue weighted by Crippen LogP contribution is -2.41. The Balaban J connectivity index is 0.00000256. The summed E-state index contributed by atoms with van der Waals surface area (Å²) in [7, 11) is -3.15. The van der Waals surface area contributed by atoms with E-state index in [9.17, 15) is 22.0 Å². The van der Waals surface area contributed by atoms with Gasteiger partial charge in [-0.2, -0.15) is 0 Å². The van der Waals surface area contributed by atoms with Crippen LogP contribution >= 0.6 is 12.4 Å². The van der Waals surface area contributed by atoms with E-state index < -0.39 is 40.7 Å². The Morgan fingerprint density at radius 3 is 2.53 bits per heavy atom. The molecule has 0 bridgehead atoms. The van der Waals surface area contributed by atoms with Gasteiger partial charge in [0.15, 0.2) is 0 Å². The van der Waals surface area contributed by atoms with Crippen molar-refractivity contribution in [2.45, 2.75) is 18.4 Å². The highest BCUT2D eigenvalue weighted by atomic mass is 35.5. The lowest BCUT2D eigenvalue weighted by molar-refractivity contribution is -0.123. The molecule has 1 fully saturated rings. The number of rotatable bonds is 4. The van der Waals surface area contributed by atoms with Gasteiger partial charge in [0.1, 0.15) is 9.84 Å². The summed E-state index contributed by atoms with van der Waals surface area (Å²) in [5.74, 6) is -3.64. The first-order valence-electron chi connectivity index (χ1n) is 4.76. The number of hydrogen-bond acceptors (Lipinski definition) is 4. The number of carbonyl (C=O) groups is 1. The van der Waals surface area contributed by atoms with Gasteiger partial charge in [-0.15, -0.1) is 12.4 Å². The molecule has 1 aliphatic rings. The van der Waals surface area contributed by atoms with Crippen LogP contribution in [0.2, 0.25) is 0 Å². The van der Waals surface area contributed by atoms with Crippen LogP contribution in [0, 0.1) is 0 Å². The maximum Gasteiger partial charge on any atom is 0.262 e. The van der Waals surface area contributed by atoms with Gasteiger partial charge in [0.05, 0.1) is 18.3 Å². The molecule has 1 amide bonds. The first-order chi connectivity index (χ1) is 7.20. The average molecular weight is 293 g/mol. The molecule has 1 saturated heterocycles. The second-order valence-electron chi connectivity index (χ2n) is 3.91. The molecule has 1 atom stereocenters. The molecule has 0 aromatic heterocycles. The number of amides is 1. The average Bonchev–Trinajstić information content (AvgIpc) is 2.43. The van der Waals surface area contributed by atoms with Gasteiger partial charge < -0.3 is 5.32 Å². The molecule has 0 aromatic rings. The van der Waals surface area contributed by atoms with Crippen LogP contribution in [0.15, 0.2) is 0 Å². The van der Waals surface area contributed by atoms with E-state index in [0.717, 1.165) is 6.26 Å². The molecule has 0 radical (unpaired) electrons. The van der Waals surface area contributed by atoms with Gasteiger partial charge in [0.2, 0.25) is 5.91 Å². The van der Waals surface area contributed by atoms with Crippen molar-refractivity contribution < 1.29 is 22.0 Å². The Hall–Kier alpha value is -0.470. The van der Waals surface area contributed by atoms with Crippen molar-refractivity contribution >= 4 is 28.2 Å². The second-order valence-corrected chi connectivity index (χ2v) is 6.17. The van der Waals surface area contributed by atoms with Crippen LogP contribution in [0.25, 0.3) is 0 Å². The molecule has 1 unspecified atom stereocenters. The monoisotopic (exact) mass is 292 g/mol. The molecular formula is C8H15ClF2N2O3S. The second kappa shape index (κ2) is 5.92. The number of sulfone groups is 1. The minimum Gasteiger partial charge on any atom is -0.354 e. The third kappa shape index (κ3) is 6.13. The van der Waals surface area contributed by atoms with E-state index in [1.807, 2.05) is 0 Å². The summed E-state index contributed by atoms with van der Waals surface area (Å²) < 4.78 is 47.0. The van der Waals surface area contributed by atoms with Gasteiger partial charge >= 0.3 is 0 Å². The molecule has 9 heteroatoms. The van der Waals surface area contributed by atoms with Crippen LogP contribution < -0.4 is 10.6 Å². The van der Waals surface area contributed by atoms with Gasteiger partial charge in [0, 0.05) is 19.2 Å². The SMILES string of the molecule is CS(=O)(=O)CCNC(=O)C1CC(F)(F)CN1.Cl. The molecule has 1 rings (SSSR count). The summed E-state index contributed by atoms with van der Waals surface area (Å²) in [5, 5.41) is 4.69. The topological polar surface area (TPSA) is 75.3 Å². The standard InChI is InChI=1S/C8H14F2N2O3S.ClH/c1-16(14,15)3-2-11-7(13)6-4-8(9,10)5-12-6;/h6,12H,2-5H2,1H3,(H,11,13);1H. The van der Waals surface area contributed by atoms with E-state index in [0.29, 0.717) is 0 Å². The molecule has 5 nitrogen and oxygen atoms in total. The zero-order chi connectivity index (χ0) is 12.4. The molecule has 0 aliphatic carbocycles. The number of hydrogen-bond donors (Lipinski definition) is 2. The van der Waals surface area contributed by atoms with Crippen molar-refractivity contribution in [3.8, 4) is 0 Å². The summed E-state index contributed by atoms with van der Waals surface area (Å²) in [4.78, 5) is 11.3. The van der Waals surface area contributed by atoms with E-state index >= 15 is 0 Å². The molecule has 0 aromatic carbocycles. The lowest BCUT2D eigenvalue weighted by Gasteiger charge is -2.10. The van der Waals surface area contributed by atoms with Crippen molar-refractivity contribution in [2.24, 2.45) is 0 Å². The number of nitrogens with one attached hydrogen (secondary N) is 2. The van der Waals surface area contributed by atoms with Crippen molar-refractivity contribution in [1.29, 1.82) is 0 Å². The number of halogens is 3. The highest BCUT2D eigenvalue weighted by Crippen LogP contribution is 2.24. The van der Waals surface area contributed by atoms with Crippen molar-refractivity contribution in [3.63, 3.8) is 0 Å². The fourth-order valence-electron chi connectivity index (χ4n) is 1.38. The summed E-state index contributed by atoms with van der Waals surface area (Å²) >= 11 is 0. The van der Waals surface area contributed by atoms with Crippen LogP contribution in [0.3, 0.4) is 0 Å². The Kier molecular flexibility index (Phi) is 5.76. The van der Waals surface area contributed by atoms with Gasteiger partial charge in [-0.3, -0.25) is 10.1 Å². The summed E-state index contributed by atoms with van der Waals surface area (Å²) in [6.45, 7) is -0.571. The minimum atomic E-state index is -3.15. The zero-order valence-corrected chi connectivity index (χ0v) is 10.8. The predicted octanol–water partition coefficient (Wildman–Crippen LogP) is -0.434. The van der Waals surface area contributed by atoms with Gasteiger partial charge in [0.25, 0.3) is 5.92 Å². The Morgan fingerprint density at radius 2 is 2.12 bits per heavy atom. The summed E-state index contributed by atoms with van der Waals surface area (Å²) in [6, 6.07) is -0.936. The third-order valence-corrected chi connectivity index (χ3v) is 3.14. The first kappa shape index (κ1) is 16.5. The highest BCUT2D eigenvalue weighted by molar-refractivity contribution is 7.90. The van der Waals surface area contributed by atoms with Crippen LogP contribution in [0.5, 0.6) is 0 Å². The molecule has 0 spiro atoms. The molecular weight excluding hydrogens is 278 g/mol. The van der Waals surface area contributed by atoms with E-state index in [1.54, 1.807) is 0 Å². The van der Waals surface area contributed by atoms with Gasteiger partial charge in [-0.1, -0.05) is 0 Å². The predicted molar refractivity (Wildman–Crippen MR) is 61.3 cm³/mol. The molecule has 1 heterocycles. The third-order valence-electron chi connectivity index (χ3n) is 2.20. The van der Waals surface area contributed by atoms with E-state index in [4.69, 9.17) is 0 Å². The Morgan fingerprint density at radius 1 is 1.53 bits per heavy atom. The van der Waals surface area contributed by atoms with E-state index in [2.05, 4.69) is 10.6 Å². The molecule has 0 saturated carbocycles. The molecule has 102 valence electrons. The molecule has 2 N–H and O–H groups in total. The van der Waals surface area contributed by atoms with Crippen LogP contribution in [0.4, 0.5) is 8.78 Å². The Bertz CT molecular complexity index is 375. The molecule has 1 aliphatic heterocycles. The van der Waals surface area contributed by atoms with Crippen LogP contribution in [-0.2, 0) is 14.6 Å². The van der Waals surface area contributed by atoms with Gasteiger partial charge in [-0.25, -0.2) is 17.2 Å².